The molecule has 0 aliphatic heterocycles. The monoisotopic (exact) mass is 428 g/mol. The molecule has 0 N–H and O–H groups in total. The Balaban J connectivity index is 1.53. The van der Waals surface area contributed by atoms with E-state index in [-0.39, 0.29) is 0 Å². The minimum atomic E-state index is 0.777. The summed E-state index contributed by atoms with van der Waals surface area (Å²) in [5.74, 6) is 0.777. The smallest absolute Gasteiger partial charge is 0.160 e. The van der Waals surface area contributed by atoms with E-state index in [4.69, 9.17) is 9.97 Å². The lowest BCUT2D eigenvalue weighted by Gasteiger charge is -2.09. The van der Waals surface area contributed by atoms with E-state index in [2.05, 4.69) is 97.1 Å². The van der Waals surface area contributed by atoms with E-state index in [0.717, 1.165) is 28.3 Å². The van der Waals surface area contributed by atoms with E-state index in [1.54, 1.807) is 0 Å². The highest BCUT2D eigenvalue weighted by Crippen LogP contribution is 2.39. The molecule has 6 rings (SSSR count). The molecule has 0 radical (unpaired) electrons. The molecule has 0 aliphatic carbocycles. The molecule has 0 aliphatic rings. The zero-order valence-electron chi connectivity index (χ0n) is 17.6. The summed E-state index contributed by atoms with van der Waals surface area (Å²) in [6.07, 6.45) is 0. The predicted octanol–water partition coefficient (Wildman–Crippen LogP) is 8.15. The van der Waals surface area contributed by atoms with Crippen LogP contribution in [-0.2, 0) is 0 Å². The fourth-order valence-electron chi connectivity index (χ4n) is 4.29. The second kappa shape index (κ2) is 7.70. The number of rotatable bonds is 3. The first kappa shape index (κ1) is 18.9. The number of hydrogen-bond acceptors (Lipinski definition) is 3. The van der Waals surface area contributed by atoms with Crippen LogP contribution in [0.4, 0.5) is 0 Å². The van der Waals surface area contributed by atoms with Gasteiger partial charge < -0.3 is 0 Å². The van der Waals surface area contributed by atoms with Gasteiger partial charge >= 0.3 is 0 Å². The first-order valence-corrected chi connectivity index (χ1v) is 11.5. The van der Waals surface area contributed by atoms with Crippen molar-refractivity contribution in [1.82, 2.24) is 9.97 Å². The van der Waals surface area contributed by atoms with Crippen molar-refractivity contribution in [3.05, 3.63) is 109 Å². The third-order valence-corrected chi connectivity index (χ3v) is 6.90. The van der Waals surface area contributed by atoms with Gasteiger partial charge in [-0.05, 0) is 42.3 Å². The lowest BCUT2D eigenvalue weighted by Crippen LogP contribution is -1.95. The van der Waals surface area contributed by atoms with Gasteiger partial charge in [0.05, 0.1) is 5.69 Å². The van der Waals surface area contributed by atoms with Gasteiger partial charge in [-0.2, -0.15) is 0 Å². The molecule has 152 valence electrons. The molecule has 0 unspecified atom stereocenters. The van der Waals surface area contributed by atoms with Gasteiger partial charge in [-0.1, -0.05) is 78.9 Å². The summed E-state index contributed by atoms with van der Waals surface area (Å²) < 4.78 is 2.56. The standard InChI is InChI=1S/C29H20N2S/c1-19-17-25(22-12-7-11-21(18-22)20-9-3-2-4-10-20)31-29(30-19)24-14-8-16-27-28(24)23-13-5-6-15-26(23)32-27/h2-18H,1H3. The number of benzene rings is 4. The SMILES string of the molecule is Cc1cc(-c2cccc(-c3ccccc3)c2)nc(-c2cccc3sc4ccccc4c23)n1. The zero-order chi connectivity index (χ0) is 21.5. The maximum atomic E-state index is 5.04. The fourth-order valence-corrected chi connectivity index (χ4v) is 5.42. The van der Waals surface area contributed by atoms with Crippen LogP contribution in [0.5, 0.6) is 0 Å². The predicted molar refractivity (Wildman–Crippen MR) is 136 cm³/mol. The summed E-state index contributed by atoms with van der Waals surface area (Å²) in [4.78, 5) is 9.88. The van der Waals surface area contributed by atoms with Gasteiger partial charge in [-0.3, -0.25) is 0 Å². The van der Waals surface area contributed by atoms with E-state index < -0.39 is 0 Å². The molecule has 4 aromatic carbocycles. The van der Waals surface area contributed by atoms with Gasteiger partial charge in [0.2, 0.25) is 0 Å². The average molecular weight is 429 g/mol. The van der Waals surface area contributed by atoms with Crippen molar-refractivity contribution in [3.63, 3.8) is 0 Å². The number of aromatic nitrogens is 2. The van der Waals surface area contributed by atoms with Crippen molar-refractivity contribution in [2.24, 2.45) is 0 Å². The van der Waals surface area contributed by atoms with Crippen LogP contribution in [0.3, 0.4) is 0 Å². The fraction of sp³-hybridized carbons (Fsp3) is 0.0345. The van der Waals surface area contributed by atoms with E-state index in [1.165, 1.54) is 31.3 Å². The molecule has 0 amide bonds. The largest absolute Gasteiger partial charge is 0.233 e. The summed E-state index contributed by atoms with van der Waals surface area (Å²) in [6.45, 7) is 2.04. The molecular weight excluding hydrogens is 408 g/mol. The molecule has 0 spiro atoms. The van der Waals surface area contributed by atoms with E-state index >= 15 is 0 Å². The minimum Gasteiger partial charge on any atom is -0.233 e. The quantitative estimate of drug-likeness (QED) is 0.284. The third-order valence-electron chi connectivity index (χ3n) is 5.76. The summed E-state index contributed by atoms with van der Waals surface area (Å²) in [7, 11) is 0. The summed E-state index contributed by atoms with van der Waals surface area (Å²) in [6, 6.07) is 36.1. The van der Waals surface area contributed by atoms with Crippen molar-refractivity contribution in [3.8, 4) is 33.8 Å². The van der Waals surface area contributed by atoms with Crippen molar-refractivity contribution in [2.45, 2.75) is 6.92 Å². The van der Waals surface area contributed by atoms with Crippen LogP contribution < -0.4 is 0 Å². The first-order chi connectivity index (χ1) is 15.8. The van der Waals surface area contributed by atoms with E-state index in [1.807, 2.05) is 24.3 Å². The molecule has 6 aromatic rings. The summed E-state index contributed by atoms with van der Waals surface area (Å²) in [5, 5.41) is 2.50. The highest BCUT2D eigenvalue weighted by molar-refractivity contribution is 7.25. The third kappa shape index (κ3) is 3.28. The Bertz CT molecular complexity index is 1580. The molecule has 2 heterocycles. The van der Waals surface area contributed by atoms with Crippen molar-refractivity contribution in [2.75, 3.05) is 0 Å². The molecule has 0 bridgehead atoms. The van der Waals surface area contributed by atoms with Gasteiger partial charge in [0, 0.05) is 37.0 Å². The number of fused-ring (bicyclic) bond motifs is 3. The summed E-state index contributed by atoms with van der Waals surface area (Å²) in [5.41, 5.74) is 6.49. The van der Waals surface area contributed by atoms with Crippen LogP contribution in [0.2, 0.25) is 0 Å². The Labute approximate surface area is 190 Å². The van der Waals surface area contributed by atoms with Gasteiger partial charge in [0.15, 0.2) is 5.82 Å². The molecule has 2 nitrogen and oxygen atoms in total. The Kier molecular flexibility index (Phi) is 4.55. The molecular formula is C29H20N2S. The topological polar surface area (TPSA) is 25.8 Å². The van der Waals surface area contributed by atoms with Crippen LogP contribution in [0.25, 0.3) is 53.9 Å². The Morgan fingerprint density at radius 2 is 1.31 bits per heavy atom. The van der Waals surface area contributed by atoms with Crippen LogP contribution in [0.15, 0.2) is 103 Å². The molecule has 0 fully saturated rings. The minimum absolute atomic E-state index is 0.777. The van der Waals surface area contributed by atoms with E-state index in [9.17, 15) is 0 Å². The number of aryl methyl sites for hydroxylation is 1. The van der Waals surface area contributed by atoms with Crippen LogP contribution in [0, 0.1) is 6.92 Å². The normalized spacial score (nSPS) is 11.3. The highest BCUT2D eigenvalue weighted by atomic mass is 32.1. The Hall–Kier alpha value is -3.82. The number of thiophene rings is 1. The molecule has 0 atom stereocenters. The van der Waals surface area contributed by atoms with Crippen molar-refractivity contribution in [1.29, 1.82) is 0 Å². The highest BCUT2D eigenvalue weighted by Gasteiger charge is 2.14. The first-order valence-electron chi connectivity index (χ1n) is 10.7. The molecule has 32 heavy (non-hydrogen) atoms. The van der Waals surface area contributed by atoms with Crippen molar-refractivity contribution >= 4 is 31.5 Å². The van der Waals surface area contributed by atoms with Crippen LogP contribution >= 0.6 is 11.3 Å². The van der Waals surface area contributed by atoms with Crippen LogP contribution in [0.1, 0.15) is 5.69 Å². The molecule has 0 saturated carbocycles. The Morgan fingerprint density at radius 3 is 2.22 bits per heavy atom. The second-order valence-electron chi connectivity index (χ2n) is 7.94. The maximum Gasteiger partial charge on any atom is 0.160 e. The molecule has 3 heteroatoms. The number of hydrogen-bond donors (Lipinski definition) is 0. The van der Waals surface area contributed by atoms with Gasteiger partial charge in [0.25, 0.3) is 0 Å². The lowest BCUT2D eigenvalue weighted by atomic mass is 10.0. The van der Waals surface area contributed by atoms with Gasteiger partial charge in [-0.25, -0.2) is 9.97 Å². The van der Waals surface area contributed by atoms with Crippen LogP contribution in [-0.4, -0.2) is 9.97 Å². The zero-order valence-corrected chi connectivity index (χ0v) is 18.4. The van der Waals surface area contributed by atoms with Gasteiger partial charge in [0.1, 0.15) is 0 Å². The lowest BCUT2D eigenvalue weighted by molar-refractivity contribution is 1.12. The Morgan fingerprint density at radius 1 is 0.594 bits per heavy atom. The average Bonchev–Trinajstić information content (AvgIpc) is 3.23. The number of nitrogens with zero attached hydrogens (tertiary/aromatic N) is 2. The molecule has 0 saturated heterocycles. The second-order valence-corrected chi connectivity index (χ2v) is 9.03. The van der Waals surface area contributed by atoms with Crippen molar-refractivity contribution < 1.29 is 0 Å². The summed E-state index contributed by atoms with van der Waals surface area (Å²) >= 11 is 1.82. The maximum absolute atomic E-state index is 5.04. The molecule has 2 aromatic heterocycles. The van der Waals surface area contributed by atoms with E-state index in [0.29, 0.717) is 0 Å². The van der Waals surface area contributed by atoms with Gasteiger partial charge in [-0.15, -0.1) is 11.3 Å².